The van der Waals surface area contributed by atoms with Crippen LogP contribution >= 0.6 is 0 Å². The van der Waals surface area contributed by atoms with Crippen molar-refractivity contribution in [1.82, 2.24) is 10.2 Å². The van der Waals surface area contributed by atoms with Crippen molar-refractivity contribution in [3.63, 3.8) is 0 Å². The molecule has 6 rings (SSSR count). The standard InChI is InChI=1S/C26H28N2/c1-2-6-18(7-3-1)16-20-11-13-22-23-17-27-15-14-25(23)28-24-9-5-4-8-19(24)10-12-21(20)26(22)28/h1-4,6-8,10,14,17,20,22,24,27H,5,9,11-13,15-16H2. The van der Waals surface area contributed by atoms with Crippen LogP contribution in [0.15, 0.2) is 88.9 Å². The second-order valence-corrected chi connectivity index (χ2v) is 8.80. The summed E-state index contributed by atoms with van der Waals surface area (Å²) in [5, 5.41) is 3.49. The topological polar surface area (TPSA) is 15.3 Å². The van der Waals surface area contributed by atoms with E-state index < -0.39 is 0 Å². The van der Waals surface area contributed by atoms with Crippen molar-refractivity contribution in [2.24, 2.45) is 11.8 Å². The SMILES string of the molecule is C1=CC2=CCC3=C4C(CCC3Cc3ccccc3)C3=CNCC=C3N4C2CC1. The number of benzene rings is 1. The van der Waals surface area contributed by atoms with Crippen LogP contribution in [0.1, 0.15) is 37.7 Å². The number of hydrogen-bond donors (Lipinski definition) is 1. The Hall–Kier alpha value is -2.48. The van der Waals surface area contributed by atoms with Crippen LogP contribution in [-0.4, -0.2) is 17.5 Å². The molecule has 0 saturated carbocycles. The Kier molecular flexibility index (Phi) is 3.85. The Balaban J connectivity index is 1.48. The highest BCUT2D eigenvalue weighted by Gasteiger charge is 2.46. The van der Waals surface area contributed by atoms with Crippen LogP contribution in [0.5, 0.6) is 0 Å². The predicted molar refractivity (Wildman–Crippen MR) is 114 cm³/mol. The highest BCUT2D eigenvalue weighted by Crippen LogP contribution is 2.54. The lowest BCUT2D eigenvalue weighted by molar-refractivity contribution is 0.319. The van der Waals surface area contributed by atoms with Crippen molar-refractivity contribution in [3.05, 3.63) is 94.5 Å². The lowest BCUT2D eigenvalue weighted by atomic mass is 9.75. The van der Waals surface area contributed by atoms with Gasteiger partial charge in [-0.25, -0.2) is 0 Å². The third-order valence-corrected chi connectivity index (χ3v) is 7.31. The first kappa shape index (κ1) is 16.5. The fourth-order valence-corrected chi connectivity index (χ4v) is 6.09. The molecule has 142 valence electrons. The molecule has 1 saturated heterocycles. The molecule has 3 atom stereocenters. The smallest absolute Gasteiger partial charge is 0.0588 e. The zero-order chi connectivity index (χ0) is 18.5. The molecule has 3 aliphatic heterocycles. The quantitative estimate of drug-likeness (QED) is 0.767. The summed E-state index contributed by atoms with van der Waals surface area (Å²) in [6, 6.07) is 11.6. The molecule has 28 heavy (non-hydrogen) atoms. The van der Waals surface area contributed by atoms with Gasteiger partial charge < -0.3 is 10.2 Å². The number of nitrogens with one attached hydrogen (secondary N) is 1. The van der Waals surface area contributed by atoms with Crippen LogP contribution in [0.25, 0.3) is 0 Å². The maximum atomic E-state index is 3.49. The van der Waals surface area contributed by atoms with E-state index in [1.807, 2.05) is 0 Å². The van der Waals surface area contributed by atoms with Gasteiger partial charge in [-0.15, -0.1) is 0 Å². The zero-order valence-electron chi connectivity index (χ0n) is 16.4. The number of dihydropyridines is 1. The summed E-state index contributed by atoms with van der Waals surface area (Å²) >= 11 is 0. The van der Waals surface area contributed by atoms with Gasteiger partial charge in [0.2, 0.25) is 0 Å². The minimum Gasteiger partial charge on any atom is -0.387 e. The lowest BCUT2D eigenvalue weighted by Gasteiger charge is -2.37. The van der Waals surface area contributed by atoms with E-state index in [4.69, 9.17) is 0 Å². The summed E-state index contributed by atoms with van der Waals surface area (Å²) in [7, 11) is 0. The summed E-state index contributed by atoms with van der Waals surface area (Å²) in [5.74, 6) is 1.27. The summed E-state index contributed by atoms with van der Waals surface area (Å²) in [6.45, 7) is 0.958. The van der Waals surface area contributed by atoms with E-state index in [1.54, 1.807) is 22.4 Å². The molecule has 0 radical (unpaired) electrons. The largest absolute Gasteiger partial charge is 0.387 e. The number of fused-ring (bicyclic) bond motifs is 5. The molecule has 0 spiro atoms. The zero-order valence-corrected chi connectivity index (χ0v) is 16.4. The van der Waals surface area contributed by atoms with Crippen molar-refractivity contribution in [3.8, 4) is 0 Å². The van der Waals surface area contributed by atoms with Crippen molar-refractivity contribution in [1.29, 1.82) is 0 Å². The Labute approximate surface area is 168 Å². The Bertz CT molecular complexity index is 944. The molecule has 3 heterocycles. The van der Waals surface area contributed by atoms with Gasteiger partial charge in [-0.2, -0.15) is 0 Å². The van der Waals surface area contributed by atoms with E-state index in [1.165, 1.54) is 43.4 Å². The van der Waals surface area contributed by atoms with E-state index in [9.17, 15) is 0 Å². The first-order chi connectivity index (χ1) is 13.9. The maximum absolute atomic E-state index is 3.49. The molecule has 0 amide bonds. The van der Waals surface area contributed by atoms with E-state index >= 15 is 0 Å². The van der Waals surface area contributed by atoms with Crippen LogP contribution in [0.4, 0.5) is 0 Å². The fraction of sp³-hybridized carbons (Fsp3) is 0.385. The number of hydrogen-bond acceptors (Lipinski definition) is 2. The van der Waals surface area contributed by atoms with Gasteiger partial charge in [0, 0.05) is 35.6 Å². The molecule has 1 N–H and O–H groups in total. The number of rotatable bonds is 2. The summed E-state index contributed by atoms with van der Waals surface area (Å²) in [6.07, 6.45) is 19.4. The van der Waals surface area contributed by atoms with E-state index in [0.717, 1.165) is 13.0 Å². The van der Waals surface area contributed by atoms with Crippen molar-refractivity contribution < 1.29 is 0 Å². The average molecular weight is 369 g/mol. The lowest BCUT2D eigenvalue weighted by Crippen LogP contribution is -2.35. The average Bonchev–Trinajstić information content (AvgIpc) is 2.97. The Morgan fingerprint density at radius 1 is 1.04 bits per heavy atom. The van der Waals surface area contributed by atoms with Crippen molar-refractivity contribution in [2.75, 3.05) is 6.54 Å². The highest BCUT2D eigenvalue weighted by molar-refractivity contribution is 5.54. The van der Waals surface area contributed by atoms with Gasteiger partial charge in [0.05, 0.1) is 6.04 Å². The van der Waals surface area contributed by atoms with Crippen molar-refractivity contribution in [2.45, 2.75) is 44.6 Å². The van der Waals surface area contributed by atoms with Gasteiger partial charge in [-0.1, -0.05) is 48.6 Å². The second kappa shape index (κ2) is 6.55. The summed E-state index contributed by atoms with van der Waals surface area (Å²) in [4.78, 5) is 2.77. The van der Waals surface area contributed by atoms with E-state index in [2.05, 4.69) is 71.1 Å². The van der Waals surface area contributed by atoms with Gasteiger partial charge in [0.15, 0.2) is 0 Å². The summed E-state index contributed by atoms with van der Waals surface area (Å²) < 4.78 is 0. The normalized spacial score (nSPS) is 30.4. The first-order valence-corrected chi connectivity index (χ1v) is 11.0. The molecule has 1 fully saturated rings. The molecule has 2 aliphatic carbocycles. The second-order valence-electron chi connectivity index (χ2n) is 8.80. The molecule has 2 nitrogen and oxygen atoms in total. The molecule has 3 unspecified atom stereocenters. The number of allylic oxidation sites excluding steroid dienone is 5. The highest BCUT2D eigenvalue weighted by atomic mass is 15.2. The van der Waals surface area contributed by atoms with Crippen LogP contribution in [0.3, 0.4) is 0 Å². The molecule has 1 aromatic rings. The molecule has 5 aliphatic rings. The van der Waals surface area contributed by atoms with Crippen molar-refractivity contribution >= 4 is 0 Å². The maximum Gasteiger partial charge on any atom is 0.0588 e. The third kappa shape index (κ3) is 2.47. The van der Waals surface area contributed by atoms with Gasteiger partial charge in [0.25, 0.3) is 0 Å². The van der Waals surface area contributed by atoms with Crippen LogP contribution in [0, 0.1) is 11.8 Å². The predicted octanol–water partition coefficient (Wildman–Crippen LogP) is 5.24. The minimum absolute atomic E-state index is 0.533. The molecule has 0 bridgehead atoms. The molecule has 2 heteroatoms. The minimum atomic E-state index is 0.533. The van der Waals surface area contributed by atoms with E-state index in [-0.39, 0.29) is 0 Å². The molecular formula is C26H28N2. The van der Waals surface area contributed by atoms with Gasteiger partial charge in [0.1, 0.15) is 0 Å². The van der Waals surface area contributed by atoms with Crippen LogP contribution in [-0.2, 0) is 6.42 Å². The van der Waals surface area contributed by atoms with Crippen LogP contribution in [0.2, 0.25) is 0 Å². The molecular weight excluding hydrogens is 340 g/mol. The Morgan fingerprint density at radius 2 is 1.96 bits per heavy atom. The molecule has 1 aromatic carbocycles. The first-order valence-electron chi connectivity index (χ1n) is 11.0. The Morgan fingerprint density at radius 3 is 2.89 bits per heavy atom. The van der Waals surface area contributed by atoms with Gasteiger partial charge in [-0.05, 0) is 67.2 Å². The van der Waals surface area contributed by atoms with E-state index in [0.29, 0.717) is 17.9 Å². The fourth-order valence-electron chi connectivity index (χ4n) is 6.09. The van der Waals surface area contributed by atoms with Crippen LogP contribution < -0.4 is 5.32 Å². The number of nitrogens with zero attached hydrogens (tertiary/aromatic N) is 1. The van der Waals surface area contributed by atoms with Gasteiger partial charge >= 0.3 is 0 Å². The summed E-state index contributed by atoms with van der Waals surface area (Å²) in [5.41, 5.74) is 9.46. The third-order valence-electron chi connectivity index (χ3n) is 7.31. The molecule has 0 aromatic heterocycles. The van der Waals surface area contributed by atoms with Gasteiger partial charge in [-0.3, -0.25) is 0 Å². The monoisotopic (exact) mass is 368 g/mol.